The smallest absolute Gasteiger partial charge is 0.337 e. The molecular formula is C23H29F3N6O3S. The van der Waals surface area contributed by atoms with Crippen molar-refractivity contribution in [3.8, 4) is 0 Å². The number of amidine groups is 1. The number of benzene rings is 1. The van der Waals surface area contributed by atoms with E-state index in [9.17, 15) is 22.2 Å². The fourth-order valence-corrected chi connectivity index (χ4v) is 4.61. The molecule has 2 N–H and O–H groups in total. The molecule has 1 aromatic heterocycles. The van der Waals surface area contributed by atoms with Crippen molar-refractivity contribution in [2.45, 2.75) is 32.2 Å². The Labute approximate surface area is 210 Å². The zero-order valence-electron chi connectivity index (χ0n) is 20.3. The molecule has 0 bridgehead atoms. The van der Waals surface area contributed by atoms with Crippen molar-refractivity contribution in [2.75, 3.05) is 26.7 Å². The third kappa shape index (κ3) is 6.59. The molecule has 1 aromatic carbocycles. The summed E-state index contributed by atoms with van der Waals surface area (Å²) in [5.74, 6) is -2.65. The number of halogens is 3. The number of carbonyl (C=O) groups excluding carboxylic acids is 1. The zero-order valence-corrected chi connectivity index (χ0v) is 21.1. The average molecular weight is 527 g/mol. The van der Waals surface area contributed by atoms with E-state index >= 15 is 0 Å². The van der Waals surface area contributed by atoms with Gasteiger partial charge in [-0.1, -0.05) is 19.4 Å². The van der Waals surface area contributed by atoms with Crippen molar-refractivity contribution in [3.05, 3.63) is 65.1 Å². The predicted molar refractivity (Wildman–Crippen MR) is 129 cm³/mol. The minimum atomic E-state index is -1.42. The summed E-state index contributed by atoms with van der Waals surface area (Å²) in [6.45, 7) is 3.60. The van der Waals surface area contributed by atoms with Crippen LogP contribution in [0.4, 0.5) is 13.2 Å². The number of fused-ring (bicyclic) bond motifs is 1. The second-order valence-corrected chi connectivity index (χ2v) is 9.16. The van der Waals surface area contributed by atoms with Crippen molar-refractivity contribution >= 4 is 23.0 Å². The Morgan fingerprint density at radius 2 is 2.00 bits per heavy atom. The first kappa shape index (κ1) is 27.6. The number of esters is 1. The fourth-order valence-electron chi connectivity index (χ4n) is 3.74. The Balaban J connectivity index is 0.000000338. The summed E-state index contributed by atoms with van der Waals surface area (Å²) in [6, 6.07) is 2.75. The number of aliphatic imine (C=N–C) groups is 1. The third-order valence-corrected chi connectivity index (χ3v) is 6.57. The van der Waals surface area contributed by atoms with Crippen LogP contribution in [-0.2, 0) is 27.8 Å². The number of nitrogens with zero attached hydrogens (tertiary/aromatic N) is 4. The van der Waals surface area contributed by atoms with Crippen LogP contribution in [0.25, 0.3) is 0 Å². The number of nitrogens with one attached hydrogen (secondary N) is 2. The molecule has 0 aliphatic carbocycles. The van der Waals surface area contributed by atoms with E-state index in [4.69, 9.17) is 4.74 Å². The quantitative estimate of drug-likeness (QED) is 0.313. The van der Waals surface area contributed by atoms with Gasteiger partial charge in [0.05, 0.1) is 19.2 Å². The Morgan fingerprint density at radius 1 is 1.28 bits per heavy atom. The number of methoxy groups -OCH3 is 1. The highest BCUT2D eigenvalue weighted by Gasteiger charge is 2.38. The van der Waals surface area contributed by atoms with E-state index in [0.29, 0.717) is 25.1 Å². The van der Waals surface area contributed by atoms with Gasteiger partial charge in [-0.2, -0.15) is 0 Å². The molecule has 0 spiro atoms. The molecule has 4 rings (SSSR count). The van der Waals surface area contributed by atoms with Gasteiger partial charge in [0, 0.05) is 50.7 Å². The van der Waals surface area contributed by atoms with Gasteiger partial charge in [0.2, 0.25) is 0 Å². The van der Waals surface area contributed by atoms with E-state index in [0.717, 1.165) is 48.4 Å². The van der Waals surface area contributed by atoms with Crippen LogP contribution in [0.5, 0.6) is 0 Å². The van der Waals surface area contributed by atoms with Crippen molar-refractivity contribution in [3.63, 3.8) is 0 Å². The van der Waals surface area contributed by atoms with Crippen LogP contribution in [0.1, 0.15) is 32.0 Å². The molecule has 13 heteroatoms. The molecule has 3 heterocycles. The number of ether oxygens (including phenoxy) is 1. The maximum absolute atomic E-state index is 12.2. The predicted octanol–water partition coefficient (Wildman–Crippen LogP) is 2.34. The molecule has 2 aliphatic rings. The zero-order chi connectivity index (χ0) is 26.2. The first-order valence-electron chi connectivity index (χ1n) is 11.4. The molecule has 2 atom stereocenters. The minimum Gasteiger partial charge on any atom is -0.466 e. The van der Waals surface area contributed by atoms with Crippen LogP contribution in [-0.4, -0.2) is 63.3 Å². The number of aryl methyl sites for hydroxylation is 1. The summed E-state index contributed by atoms with van der Waals surface area (Å²) >= 11 is -1.33. The van der Waals surface area contributed by atoms with Gasteiger partial charge in [-0.3, -0.25) is 4.99 Å². The van der Waals surface area contributed by atoms with Gasteiger partial charge in [0.15, 0.2) is 40.3 Å². The molecule has 0 amide bonds. The second-order valence-electron chi connectivity index (χ2n) is 8.10. The highest BCUT2D eigenvalue weighted by Crippen LogP contribution is 2.31. The summed E-state index contributed by atoms with van der Waals surface area (Å²) in [5.41, 5.74) is 1.40. The number of carbonyl (C=O) groups is 1. The van der Waals surface area contributed by atoms with Crippen LogP contribution in [0.15, 0.2) is 46.9 Å². The molecule has 0 saturated carbocycles. The number of hydrogen-bond acceptors (Lipinski definition) is 6. The van der Waals surface area contributed by atoms with Gasteiger partial charge in [-0.05, 0) is 18.6 Å². The van der Waals surface area contributed by atoms with Gasteiger partial charge >= 0.3 is 5.97 Å². The van der Waals surface area contributed by atoms with E-state index in [2.05, 4.69) is 26.3 Å². The summed E-state index contributed by atoms with van der Waals surface area (Å²) in [6.07, 6.45) is 6.16. The Morgan fingerprint density at radius 3 is 2.58 bits per heavy atom. The standard InChI is InChI=1S/C17H26N6O3S.C6H3F3/c1-4-5-6-20-27(25)21-12-9-14-13(17(24)26-3)10-19-16(23(14)11-12)15-18-7-8-22(15)2;7-4-2-1-3-5(8)6(4)9/h7-8,12,20-21H,4-6,9-11H2,1-3H3;1-3H. The monoisotopic (exact) mass is 526 g/mol. The van der Waals surface area contributed by atoms with E-state index in [-0.39, 0.29) is 18.6 Å². The van der Waals surface area contributed by atoms with Gasteiger partial charge in [-0.25, -0.2) is 36.6 Å². The van der Waals surface area contributed by atoms with Crippen molar-refractivity contribution in [1.82, 2.24) is 23.9 Å². The Bertz CT molecular complexity index is 1150. The lowest BCUT2D eigenvalue weighted by Crippen LogP contribution is -2.41. The number of aromatic nitrogens is 2. The summed E-state index contributed by atoms with van der Waals surface area (Å²) in [7, 11) is 3.28. The van der Waals surface area contributed by atoms with Gasteiger partial charge in [0.1, 0.15) is 0 Å². The molecule has 196 valence electrons. The SMILES string of the molecule is CCCCNS(=O)NC1CC2=C(C(=O)OC)CN=C(c3nccn3C)N2C1.Fc1cccc(F)c1F. The molecule has 0 radical (unpaired) electrons. The highest BCUT2D eigenvalue weighted by molar-refractivity contribution is 7.81. The molecule has 2 aliphatic heterocycles. The van der Waals surface area contributed by atoms with Crippen LogP contribution in [0, 0.1) is 17.5 Å². The minimum absolute atomic E-state index is 0.0711. The highest BCUT2D eigenvalue weighted by atomic mass is 32.2. The molecule has 1 fully saturated rings. The lowest BCUT2D eigenvalue weighted by Gasteiger charge is -2.27. The fraction of sp³-hybridized carbons (Fsp3) is 0.435. The summed E-state index contributed by atoms with van der Waals surface area (Å²) < 4.78 is 61.0. The summed E-state index contributed by atoms with van der Waals surface area (Å²) in [4.78, 5) is 23.1. The normalized spacial score (nSPS) is 17.8. The van der Waals surface area contributed by atoms with E-state index in [1.807, 2.05) is 22.7 Å². The molecule has 9 nitrogen and oxygen atoms in total. The van der Waals surface area contributed by atoms with Crippen molar-refractivity contribution in [1.29, 1.82) is 0 Å². The van der Waals surface area contributed by atoms with Gasteiger partial charge < -0.3 is 14.2 Å². The average Bonchev–Trinajstić information content (AvgIpc) is 3.48. The molecule has 2 unspecified atom stereocenters. The first-order chi connectivity index (χ1) is 17.3. The molecular weight excluding hydrogens is 497 g/mol. The maximum Gasteiger partial charge on any atom is 0.337 e. The lowest BCUT2D eigenvalue weighted by molar-refractivity contribution is -0.136. The summed E-state index contributed by atoms with van der Waals surface area (Å²) in [5, 5.41) is 0. The third-order valence-electron chi connectivity index (χ3n) is 5.55. The topological polar surface area (TPSA) is 101 Å². The molecule has 36 heavy (non-hydrogen) atoms. The van der Waals surface area contributed by atoms with Gasteiger partial charge in [0.25, 0.3) is 0 Å². The van der Waals surface area contributed by atoms with Crippen LogP contribution in [0.2, 0.25) is 0 Å². The van der Waals surface area contributed by atoms with Crippen LogP contribution in [0.3, 0.4) is 0 Å². The molecule has 1 saturated heterocycles. The van der Waals surface area contributed by atoms with E-state index in [1.165, 1.54) is 7.11 Å². The van der Waals surface area contributed by atoms with Crippen LogP contribution < -0.4 is 9.44 Å². The largest absolute Gasteiger partial charge is 0.466 e. The van der Waals surface area contributed by atoms with E-state index in [1.54, 1.807) is 6.20 Å². The number of rotatable bonds is 8. The molecule has 2 aromatic rings. The van der Waals surface area contributed by atoms with Gasteiger partial charge in [-0.15, -0.1) is 0 Å². The van der Waals surface area contributed by atoms with E-state index < -0.39 is 28.6 Å². The van der Waals surface area contributed by atoms with Crippen molar-refractivity contribution < 1.29 is 26.9 Å². The van der Waals surface area contributed by atoms with Crippen LogP contribution >= 0.6 is 0 Å². The lowest BCUT2D eigenvalue weighted by atomic mass is 10.1. The number of unbranched alkanes of at least 4 members (excludes halogenated alkanes) is 1. The van der Waals surface area contributed by atoms with Crippen molar-refractivity contribution in [2.24, 2.45) is 12.0 Å². The Kier molecular flexibility index (Phi) is 9.79. The Hall–Kier alpha value is -3.03. The maximum atomic E-state index is 12.2. The number of hydrogen-bond donors (Lipinski definition) is 2. The first-order valence-corrected chi connectivity index (χ1v) is 12.5. The second kappa shape index (κ2) is 12.8. The number of imidazole rings is 1.